The largest absolute Gasteiger partial charge is 0.397 e. The minimum absolute atomic E-state index is 0.169. The Morgan fingerprint density at radius 1 is 1.46 bits per heavy atom. The molecule has 0 aliphatic carbocycles. The molecule has 3 aromatic rings. The van der Waals surface area contributed by atoms with Crippen LogP contribution < -0.4 is 11.5 Å². The average molecular weight is 389 g/mol. The molecule has 0 bridgehead atoms. The molecule has 1 aliphatic heterocycles. The van der Waals surface area contributed by atoms with Crippen LogP contribution in [0.3, 0.4) is 0 Å². The maximum Gasteiger partial charge on any atom is 0.260 e. The van der Waals surface area contributed by atoms with E-state index in [1.165, 1.54) is 11.3 Å². The number of aliphatic hydroxyl groups excluding tert-OH is 1. The van der Waals surface area contributed by atoms with Crippen LogP contribution in [0, 0.1) is 5.92 Å². The van der Waals surface area contributed by atoms with Gasteiger partial charge in [0.2, 0.25) is 0 Å². The number of aliphatic hydroxyl groups is 1. The van der Waals surface area contributed by atoms with E-state index in [9.17, 15) is 9.90 Å². The van der Waals surface area contributed by atoms with Crippen LogP contribution in [0.15, 0.2) is 17.5 Å². The average Bonchev–Trinajstić information content (AvgIpc) is 3.32. The van der Waals surface area contributed by atoms with Crippen molar-refractivity contribution in [2.45, 2.75) is 20.0 Å². The SMILES string of the molecule is CC(CO)CN1Cc2nc3sc(C(N)=O)c(N)c3c(-c3cccs3)c2C1. The standard InChI is InChI=1S/C18H20N4O2S2/c1-9(8-23)5-22-6-10-11(7-22)21-18-14(13(10)12-3-2-4-25-12)15(19)16(26-18)17(20)24/h2-4,9,23H,5-8,19H2,1H3,(H2,20,24). The lowest BCUT2D eigenvalue weighted by Crippen LogP contribution is -2.24. The van der Waals surface area contributed by atoms with Gasteiger partial charge in [0.1, 0.15) is 9.71 Å². The van der Waals surface area contributed by atoms with Crippen molar-refractivity contribution >= 4 is 44.5 Å². The monoisotopic (exact) mass is 388 g/mol. The first kappa shape index (κ1) is 17.4. The number of primary amides is 1. The van der Waals surface area contributed by atoms with Gasteiger partial charge in [0.25, 0.3) is 5.91 Å². The summed E-state index contributed by atoms with van der Waals surface area (Å²) in [5.74, 6) is -0.302. The van der Waals surface area contributed by atoms with E-state index in [0.29, 0.717) is 10.6 Å². The van der Waals surface area contributed by atoms with Crippen LogP contribution in [0.25, 0.3) is 20.7 Å². The number of carbonyl (C=O) groups excluding carboxylic acids is 1. The maximum absolute atomic E-state index is 11.7. The zero-order valence-corrected chi connectivity index (χ0v) is 16.0. The van der Waals surface area contributed by atoms with Crippen molar-refractivity contribution in [1.82, 2.24) is 9.88 Å². The number of aromatic nitrogens is 1. The van der Waals surface area contributed by atoms with Crippen LogP contribution in [-0.4, -0.2) is 34.0 Å². The van der Waals surface area contributed by atoms with E-state index in [2.05, 4.69) is 11.0 Å². The van der Waals surface area contributed by atoms with Gasteiger partial charge >= 0.3 is 0 Å². The molecule has 1 aliphatic rings. The number of hydrogen-bond donors (Lipinski definition) is 3. The van der Waals surface area contributed by atoms with Gasteiger partial charge in [-0.1, -0.05) is 13.0 Å². The third-order valence-electron chi connectivity index (χ3n) is 4.69. The van der Waals surface area contributed by atoms with Gasteiger partial charge < -0.3 is 16.6 Å². The van der Waals surface area contributed by atoms with Gasteiger partial charge in [-0.3, -0.25) is 9.69 Å². The number of amides is 1. The molecule has 1 amide bonds. The number of nitrogen functional groups attached to an aromatic ring is 1. The quantitative estimate of drug-likeness (QED) is 0.623. The molecule has 4 heterocycles. The van der Waals surface area contributed by atoms with Crippen molar-refractivity contribution in [3.63, 3.8) is 0 Å². The lowest BCUT2D eigenvalue weighted by molar-refractivity contribution is 0.100. The molecule has 0 spiro atoms. The van der Waals surface area contributed by atoms with Gasteiger partial charge in [-0.15, -0.1) is 22.7 Å². The van der Waals surface area contributed by atoms with E-state index in [1.807, 2.05) is 18.4 Å². The molecule has 0 radical (unpaired) electrons. The van der Waals surface area contributed by atoms with E-state index >= 15 is 0 Å². The smallest absolute Gasteiger partial charge is 0.260 e. The summed E-state index contributed by atoms with van der Waals surface area (Å²) >= 11 is 2.91. The minimum atomic E-state index is -0.513. The Labute approximate surface area is 159 Å². The topological polar surface area (TPSA) is 105 Å². The molecule has 6 nitrogen and oxygen atoms in total. The van der Waals surface area contributed by atoms with Crippen LogP contribution in [0.1, 0.15) is 27.9 Å². The highest BCUT2D eigenvalue weighted by Gasteiger charge is 2.29. The van der Waals surface area contributed by atoms with Crippen molar-refractivity contribution in [3.05, 3.63) is 33.6 Å². The maximum atomic E-state index is 11.7. The lowest BCUT2D eigenvalue weighted by atomic mass is 10.0. The second kappa shape index (κ2) is 6.62. The Hall–Kier alpha value is -2.00. The molecule has 3 aromatic heterocycles. The van der Waals surface area contributed by atoms with Gasteiger partial charge in [-0.25, -0.2) is 4.98 Å². The van der Waals surface area contributed by atoms with Gasteiger partial charge in [0.15, 0.2) is 0 Å². The molecule has 0 saturated carbocycles. The number of fused-ring (bicyclic) bond motifs is 2. The lowest BCUT2D eigenvalue weighted by Gasteiger charge is -2.18. The first-order valence-corrected chi connectivity index (χ1v) is 10.1. The van der Waals surface area contributed by atoms with Crippen molar-refractivity contribution in [1.29, 1.82) is 0 Å². The van der Waals surface area contributed by atoms with Gasteiger partial charge in [-0.2, -0.15) is 0 Å². The highest BCUT2D eigenvalue weighted by Crippen LogP contribution is 2.45. The van der Waals surface area contributed by atoms with E-state index in [-0.39, 0.29) is 12.5 Å². The molecule has 5 N–H and O–H groups in total. The third kappa shape index (κ3) is 2.79. The Kier molecular flexibility index (Phi) is 4.44. The second-order valence-corrected chi connectivity index (χ2v) is 8.68. The van der Waals surface area contributed by atoms with Gasteiger partial charge in [0, 0.05) is 42.1 Å². The molecule has 1 atom stereocenters. The molecule has 8 heteroatoms. The number of hydrogen-bond acceptors (Lipinski definition) is 7. The summed E-state index contributed by atoms with van der Waals surface area (Å²) in [4.78, 5) is 21.1. The Morgan fingerprint density at radius 3 is 2.92 bits per heavy atom. The number of anilines is 1. The third-order valence-corrected chi connectivity index (χ3v) is 6.69. The zero-order valence-electron chi connectivity index (χ0n) is 14.4. The summed E-state index contributed by atoms with van der Waals surface area (Å²) in [5.41, 5.74) is 15.5. The number of carbonyl (C=O) groups is 1. The molecule has 0 fully saturated rings. The molecule has 1 unspecified atom stereocenters. The van der Waals surface area contributed by atoms with Crippen molar-refractivity contribution < 1.29 is 9.90 Å². The van der Waals surface area contributed by atoms with Crippen LogP contribution in [0.2, 0.25) is 0 Å². The van der Waals surface area contributed by atoms with Crippen molar-refractivity contribution in [3.8, 4) is 10.4 Å². The molecule has 26 heavy (non-hydrogen) atoms. The number of pyridine rings is 1. The summed E-state index contributed by atoms with van der Waals surface area (Å²) < 4.78 is 0. The normalized spacial score (nSPS) is 15.5. The fourth-order valence-corrected chi connectivity index (χ4v) is 5.31. The van der Waals surface area contributed by atoms with Crippen LogP contribution in [-0.2, 0) is 13.1 Å². The van der Waals surface area contributed by atoms with Crippen LogP contribution in [0.5, 0.6) is 0 Å². The first-order chi connectivity index (χ1) is 12.5. The first-order valence-electron chi connectivity index (χ1n) is 8.40. The molecule has 136 valence electrons. The van der Waals surface area contributed by atoms with E-state index < -0.39 is 5.91 Å². The second-order valence-electron chi connectivity index (χ2n) is 6.74. The van der Waals surface area contributed by atoms with Crippen molar-refractivity contribution in [2.24, 2.45) is 11.7 Å². The summed E-state index contributed by atoms with van der Waals surface area (Å²) in [6, 6.07) is 4.08. The van der Waals surface area contributed by atoms with Crippen LogP contribution >= 0.6 is 22.7 Å². The Bertz CT molecular complexity index is 981. The number of rotatable bonds is 5. The molecular weight excluding hydrogens is 368 g/mol. The number of nitrogens with two attached hydrogens (primary N) is 2. The molecule has 0 aromatic carbocycles. The Balaban J connectivity index is 1.90. The number of nitrogens with zero attached hydrogens (tertiary/aromatic N) is 2. The summed E-state index contributed by atoms with van der Waals surface area (Å²) in [5, 5.41) is 12.2. The van der Waals surface area contributed by atoms with E-state index in [1.54, 1.807) is 11.3 Å². The van der Waals surface area contributed by atoms with Gasteiger partial charge in [0.05, 0.1) is 11.4 Å². The highest BCUT2D eigenvalue weighted by molar-refractivity contribution is 7.21. The Morgan fingerprint density at radius 2 is 2.27 bits per heavy atom. The van der Waals surface area contributed by atoms with E-state index in [4.69, 9.17) is 16.5 Å². The van der Waals surface area contributed by atoms with Gasteiger partial charge in [-0.05, 0) is 22.9 Å². The number of thiophene rings is 2. The molecular formula is C18H20N4O2S2. The van der Waals surface area contributed by atoms with Crippen LogP contribution in [0.4, 0.5) is 5.69 Å². The predicted molar refractivity (Wildman–Crippen MR) is 106 cm³/mol. The summed E-state index contributed by atoms with van der Waals surface area (Å²) in [7, 11) is 0. The summed E-state index contributed by atoms with van der Waals surface area (Å²) in [6.07, 6.45) is 0. The van der Waals surface area contributed by atoms with E-state index in [0.717, 1.165) is 51.5 Å². The molecule has 0 saturated heterocycles. The fraction of sp³-hybridized carbons (Fsp3) is 0.333. The zero-order chi connectivity index (χ0) is 18.4. The minimum Gasteiger partial charge on any atom is -0.397 e. The molecule has 4 rings (SSSR count). The predicted octanol–water partition coefficient (Wildman–Crippen LogP) is 2.65. The summed E-state index contributed by atoms with van der Waals surface area (Å²) in [6.45, 7) is 4.51. The fourth-order valence-electron chi connectivity index (χ4n) is 3.53. The highest BCUT2D eigenvalue weighted by atomic mass is 32.1. The van der Waals surface area contributed by atoms with Crippen molar-refractivity contribution in [2.75, 3.05) is 18.9 Å².